The molecule has 0 atom stereocenters. The molecule has 1 heterocycles. The molecule has 15 heavy (non-hydrogen) atoms. The minimum atomic E-state index is -3.51. The molecule has 0 aliphatic heterocycles. The summed E-state index contributed by atoms with van der Waals surface area (Å²) in [5.74, 6) is 0. The normalized spacial score (nSPS) is 11.5. The van der Waals surface area contributed by atoms with E-state index in [-0.39, 0.29) is 4.90 Å². The van der Waals surface area contributed by atoms with Crippen LogP contribution >= 0.6 is 0 Å². The highest BCUT2D eigenvalue weighted by atomic mass is 32.2. The number of hydrogen-bond acceptors (Lipinski definition) is 3. The van der Waals surface area contributed by atoms with Gasteiger partial charge in [0.1, 0.15) is 0 Å². The van der Waals surface area contributed by atoms with E-state index < -0.39 is 10.0 Å². The van der Waals surface area contributed by atoms with Gasteiger partial charge in [0.2, 0.25) is 0 Å². The summed E-state index contributed by atoms with van der Waals surface area (Å²) in [7, 11) is -3.51. The Balaban J connectivity index is 2.52. The predicted molar refractivity (Wildman–Crippen MR) is 54.8 cm³/mol. The van der Waals surface area contributed by atoms with Crippen molar-refractivity contribution in [3.63, 3.8) is 0 Å². The molecular formula is C10H9N2O2S. The van der Waals surface area contributed by atoms with Crippen LogP contribution in [0.5, 0.6) is 0 Å². The third-order valence-corrected chi connectivity index (χ3v) is 3.60. The summed E-state index contributed by atoms with van der Waals surface area (Å²) < 4.78 is 24.8. The van der Waals surface area contributed by atoms with Crippen molar-refractivity contribution < 1.29 is 8.42 Å². The SMILES string of the molecule is Cc1ccc(S(=O)(=O)n2[c]ncc2)cc1. The van der Waals surface area contributed by atoms with Crippen LogP contribution in [0.25, 0.3) is 0 Å². The molecule has 0 fully saturated rings. The average molecular weight is 221 g/mol. The summed E-state index contributed by atoms with van der Waals surface area (Å²) in [5.41, 5.74) is 1.02. The lowest BCUT2D eigenvalue weighted by molar-refractivity contribution is 0.587. The molecular weight excluding hydrogens is 212 g/mol. The summed E-state index contributed by atoms with van der Waals surface area (Å²) in [6.45, 7) is 1.90. The van der Waals surface area contributed by atoms with E-state index in [0.29, 0.717) is 0 Å². The topological polar surface area (TPSA) is 52.0 Å². The van der Waals surface area contributed by atoms with Crippen LogP contribution in [0, 0.1) is 13.3 Å². The van der Waals surface area contributed by atoms with E-state index in [0.717, 1.165) is 9.54 Å². The third-order valence-electron chi connectivity index (χ3n) is 2.01. The minimum absolute atomic E-state index is 0.238. The first-order valence-electron chi connectivity index (χ1n) is 4.34. The summed E-state index contributed by atoms with van der Waals surface area (Å²) in [6.07, 6.45) is 5.11. The zero-order valence-electron chi connectivity index (χ0n) is 8.08. The molecule has 0 bridgehead atoms. The van der Waals surface area contributed by atoms with Gasteiger partial charge in [0.15, 0.2) is 6.33 Å². The molecule has 1 aromatic carbocycles. The Morgan fingerprint density at radius 3 is 2.47 bits per heavy atom. The van der Waals surface area contributed by atoms with Gasteiger partial charge in [-0.2, -0.15) is 0 Å². The quantitative estimate of drug-likeness (QED) is 0.766. The van der Waals surface area contributed by atoms with E-state index in [1.165, 1.54) is 12.4 Å². The van der Waals surface area contributed by atoms with Crippen molar-refractivity contribution in [3.8, 4) is 0 Å². The van der Waals surface area contributed by atoms with E-state index >= 15 is 0 Å². The summed E-state index contributed by atoms with van der Waals surface area (Å²) in [4.78, 5) is 3.83. The fourth-order valence-electron chi connectivity index (χ4n) is 1.18. The number of benzene rings is 1. The largest absolute Gasteiger partial charge is 0.269 e. The Morgan fingerprint density at radius 1 is 1.27 bits per heavy atom. The molecule has 0 N–H and O–H groups in total. The van der Waals surface area contributed by atoms with E-state index in [2.05, 4.69) is 11.3 Å². The number of aryl methyl sites for hydroxylation is 1. The molecule has 77 valence electrons. The van der Waals surface area contributed by atoms with Crippen molar-refractivity contribution >= 4 is 10.0 Å². The summed E-state index contributed by atoms with van der Waals surface area (Å²) >= 11 is 0. The van der Waals surface area contributed by atoms with Crippen molar-refractivity contribution in [2.45, 2.75) is 11.8 Å². The van der Waals surface area contributed by atoms with Gasteiger partial charge in [-0.1, -0.05) is 17.7 Å². The van der Waals surface area contributed by atoms with Crippen molar-refractivity contribution in [1.82, 2.24) is 8.96 Å². The Hall–Kier alpha value is -1.62. The first kappa shape index (κ1) is 9.92. The van der Waals surface area contributed by atoms with Crippen molar-refractivity contribution in [1.29, 1.82) is 0 Å². The highest BCUT2D eigenvalue weighted by molar-refractivity contribution is 7.90. The fraction of sp³-hybridized carbons (Fsp3) is 0.100. The molecule has 5 heteroatoms. The highest BCUT2D eigenvalue weighted by Gasteiger charge is 2.15. The number of hydrogen-bond donors (Lipinski definition) is 0. The van der Waals surface area contributed by atoms with Crippen molar-refractivity contribution in [2.24, 2.45) is 0 Å². The minimum Gasteiger partial charge on any atom is -0.233 e. The first-order valence-corrected chi connectivity index (χ1v) is 5.78. The van der Waals surface area contributed by atoms with Crippen molar-refractivity contribution in [2.75, 3.05) is 0 Å². The molecule has 4 nitrogen and oxygen atoms in total. The number of aromatic nitrogens is 2. The molecule has 0 aliphatic carbocycles. The second-order valence-electron chi connectivity index (χ2n) is 3.14. The van der Waals surface area contributed by atoms with Crippen LogP contribution in [0.15, 0.2) is 41.6 Å². The van der Waals surface area contributed by atoms with Gasteiger partial charge in [0.05, 0.1) is 4.90 Å². The van der Waals surface area contributed by atoms with E-state index in [4.69, 9.17) is 0 Å². The van der Waals surface area contributed by atoms with Crippen LogP contribution in [0.2, 0.25) is 0 Å². The van der Waals surface area contributed by atoms with Crippen LogP contribution < -0.4 is 0 Å². The Morgan fingerprint density at radius 2 is 1.93 bits per heavy atom. The monoisotopic (exact) mass is 221 g/mol. The Labute approximate surface area is 88.3 Å². The molecule has 0 aliphatic rings. The average Bonchev–Trinajstić information content (AvgIpc) is 2.71. The molecule has 0 saturated heterocycles. The van der Waals surface area contributed by atoms with Crippen LogP contribution in [-0.2, 0) is 10.0 Å². The lowest BCUT2D eigenvalue weighted by Crippen LogP contribution is -2.10. The highest BCUT2D eigenvalue weighted by Crippen LogP contribution is 2.13. The van der Waals surface area contributed by atoms with Gasteiger partial charge in [0, 0.05) is 12.4 Å². The second-order valence-corrected chi connectivity index (χ2v) is 4.96. The summed E-state index contributed by atoms with van der Waals surface area (Å²) in [5, 5.41) is 0. The van der Waals surface area contributed by atoms with Gasteiger partial charge in [-0.25, -0.2) is 17.4 Å². The van der Waals surface area contributed by atoms with Crippen LogP contribution in [0.4, 0.5) is 0 Å². The molecule has 2 aromatic rings. The standard InChI is InChI=1S/C10H9N2O2S/c1-9-2-4-10(5-3-9)15(13,14)12-7-6-11-8-12/h2-7H,1H3. The van der Waals surface area contributed by atoms with Crippen LogP contribution in [-0.4, -0.2) is 17.4 Å². The van der Waals surface area contributed by atoms with Crippen molar-refractivity contribution in [3.05, 3.63) is 48.5 Å². The molecule has 0 amide bonds. The van der Waals surface area contributed by atoms with Gasteiger partial charge in [-0.15, -0.1) is 0 Å². The number of imidazole rings is 1. The predicted octanol–water partition coefficient (Wildman–Crippen LogP) is 1.23. The van der Waals surface area contributed by atoms with Gasteiger partial charge >= 0.3 is 0 Å². The van der Waals surface area contributed by atoms with E-state index in [1.54, 1.807) is 24.3 Å². The number of rotatable bonds is 2. The lowest BCUT2D eigenvalue weighted by atomic mass is 10.2. The van der Waals surface area contributed by atoms with E-state index in [9.17, 15) is 8.42 Å². The van der Waals surface area contributed by atoms with Gasteiger partial charge in [-0.05, 0) is 19.1 Å². The maximum atomic E-state index is 11.9. The van der Waals surface area contributed by atoms with Crippen LogP contribution in [0.3, 0.4) is 0 Å². The van der Waals surface area contributed by atoms with E-state index in [1.807, 2.05) is 6.92 Å². The van der Waals surface area contributed by atoms with Gasteiger partial charge < -0.3 is 0 Å². The second kappa shape index (κ2) is 3.51. The number of nitrogens with zero attached hydrogens (tertiary/aromatic N) is 2. The molecule has 2 rings (SSSR count). The fourth-order valence-corrected chi connectivity index (χ4v) is 2.25. The van der Waals surface area contributed by atoms with Crippen LogP contribution in [0.1, 0.15) is 5.56 Å². The smallest absolute Gasteiger partial charge is 0.233 e. The molecule has 0 saturated carbocycles. The molecule has 0 spiro atoms. The Bertz CT molecular complexity index is 542. The molecule has 0 unspecified atom stereocenters. The van der Waals surface area contributed by atoms with Gasteiger partial charge in [0.25, 0.3) is 10.0 Å². The zero-order chi connectivity index (χ0) is 10.9. The Kier molecular flexibility index (Phi) is 2.32. The maximum Gasteiger partial charge on any atom is 0.269 e. The molecule has 1 radical (unpaired) electrons. The van der Waals surface area contributed by atoms with Gasteiger partial charge in [-0.3, -0.25) is 0 Å². The summed E-state index contributed by atoms with van der Waals surface area (Å²) in [6, 6.07) is 6.64. The third kappa shape index (κ3) is 1.78. The lowest BCUT2D eigenvalue weighted by Gasteiger charge is -2.03. The molecule has 1 aromatic heterocycles. The zero-order valence-corrected chi connectivity index (χ0v) is 8.90. The maximum absolute atomic E-state index is 11.9. The first-order chi connectivity index (χ1) is 7.10.